The van der Waals surface area contributed by atoms with Gasteiger partial charge in [-0.2, -0.15) is 4.98 Å². The van der Waals surface area contributed by atoms with Crippen LogP contribution in [-0.2, 0) is 11.3 Å². The Labute approximate surface area is 163 Å². The van der Waals surface area contributed by atoms with Crippen LogP contribution in [0.4, 0.5) is 0 Å². The van der Waals surface area contributed by atoms with E-state index in [1.807, 2.05) is 41.3 Å². The van der Waals surface area contributed by atoms with E-state index in [0.29, 0.717) is 37.8 Å². The van der Waals surface area contributed by atoms with Gasteiger partial charge in [0.2, 0.25) is 17.6 Å². The maximum absolute atomic E-state index is 12.4. The number of hydrogen-bond donors (Lipinski definition) is 0. The smallest absolute Gasteiger partial charge is 0.232 e. The summed E-state index contributed by atoms with van der Waals surface area (Å²) in [5, 5.41) is 4.03. The van der Waals surface area contributed by atoms with Crippen molar-refractivity contribution in [2.75, 3.05) is 13.2 Å². The van der Waals surface area contributed by atoms with Gasteiger partial charge in [-0.15, -0.1) is 0 Å². The van der Waals surface area contributed by atoms with Crippen LogP contribution in [0.1, 0.15) is 37.1 Å². The van der Waals surface area contributed by atoms with E-state index in [1.165, 1.54) is 0 Å². The van der Waals surface area contributed by atoms with E-state index >= 15 is 0 Å². The van der Waals surface area contributed by atoms with Crippen molar-refractivity contribution >= 4 is 5.91 Å². The molecule has 0 N–H and O–H groups in total. The molecule has 1 aromatic carbocycles. The Morgan fingerprint density at radius 3 is 2.86 bits per heavy atom. The van der Waals surface area contributed by atoms with Crippen LogP contribution < -0.4 is 4.74 Å². The second-order valence-electron chi connectivity index (χ2n) is 6.87. The Hall–Kier alpha value is -3.22. The van der Waals surface area contributed by atoms with Gasteiger partial charge in [0.1, 0.15) is 5.75 Å². The monoisotopic (exact) mass is 378 g/mol. The minimum absolute atomic E-state index is 0.0856. The fraction of sp³-hybridized carbons (Fsp3) is 0.333. The van der Waals surface area contributed by atoms with Crippen molar-refractivity contribution < 1.29 is 14.1 Å². The average molecular weight is 378 g/mol. The fourth-order valence-corrected chi connectivity index (χ4v) is 3.24. The highest BCUT2D eigenvalue weighted by molar-refractivity contribution is 5.79. The highest BCUT2D eigenvalue weighted by Crippen LogP contribution is 2.29. The van der Waals surface area contributed by atoms with Crippen LogP contribution in [0, 0.1) is 0 Å². The number of ether oxygens (including phenoxy) is 1. The molecule has 1 fully saturated rings. The molecule has 1 aliphatic rings. The second-order valence-corrected chi connectivity index (χ2v) is 6.87. The second kappa shape index (κ2) is 8.21. The van der Waals surface area contributed by atoms with Gasteiger partial charge in [0.25, 0.3) is 0 Å². The van der Waals surface area contributed by atoms with Gasteiger partial charge in [-0.3, -0.25) is 9.78 Å². The van der Waals surface area contributed by atoms with Gasteiger partial charge < -0.3 is 14.2 Å². The number of carbonyl (C=O) groups excluding carboxylic acids is 1. The summed E-state index contributed by atoms with van der Waals surface area (Å²) in [5.41, 5.74) is 1.86. The third-order valence-corrected chi connectivity index (χ3v) is 4.69. The minimum atomic E-state index is -0.0856. The Balaban J connectivity index is 1.39. The Morgan fingerprint density at radius 1 is 1.25 bits per heavy atom. The lowest BCUT2D eigenvalue weighted by Crippen LogP contribution is -2.24. The summed E-state index contributed by atoms with van der Waals surface area (Å²) in [7, 11) is 0. The van der Waals surface area contributed by atoms with Gasteiger partial charge in [0.05, 0.1) is 12.5 Å². The van der Waals surface area contributed by atoms with E-state index in [0.717, 1.165) is 23.3 Å². The molecule has 0 saturated carbocycles. The van der Waals surface area contributed by atoms with Gasteiger partial charge >= 0.3 is 0 Å². The molecule has 1 aliphatic heterocycles. The van der Waals surface area contributed by atoms with Crippen molar-refractivity contribution in [2.45, 2.75) is 32.2 Å². The summed E-state index contributed by atoms with van der Waals surface area (Å²) in [6.07, 6.45) is 4.74. The first kappa shape index (κ1) is 18.2. The van der Waals surface area contributed by atoms with Crippen molar-refractivity contribution in [3.63, 3.8) is 0 Å². The number of likely N-dealkylation sites (tertiary alicyclic amines) is 1. The number of carbonyl (C=O) groups is 1. The molecule has 7 heteroatoms. The molecular weight excluding hydrogens is 356 g/mol. The van der Waals surface area contributed by atoms with Crippen molar-refractivity contribution in [1.29, 1.82) is 0 Å². The minimum Gasteiger partial charge on any atom is -0.494 e. The molecule has 144 valence electrons. The highest BCUT2D eigenvalue weighted by Gasteiger charge is 2.34. The molecule has 1 amide bonds. The lowest BCUT2D eigenvalue weighted by molar-refractivity contribution is -0.128. The fourth-order valence-electron chi connectivity index (χ4n) is 3.24. The predicted molar refractivity (Wildman–Crippen MR) is 103 cm³/mol. The number of pyridine rings is 1. The molecule has 28 heavy (non-hydrogen) atoms. The summed E-state index contributed by atoms with van der Waals surface area (Å²) in [5.74, 6) is 1.86. The van der Waals surface area contributed by atoms with Gasteiger partial charge in [0.15, 0.2) is 0 Å². The SMILES string of the molecule is CCCOc1ccc(CN2CC(c3nc(-c4cccnc4)no3)CC2=O)cc1. The Morgan fingerprint density at radius 2 is 2.11 bits per heavy atom. The molecule has 1 atom stereocenters. The predicted octanol–water partition coefficient (Wildman–Crippen LogP) is 3.44. The van der Waals surface area contributed by atoms with Crippen molar-refractivity contribution in [3.8, 4) is 17.1 Å². The maximum Gasteiger partial charge on any atom is 0.232 e. The molecule has 3 heterocycles. The quantitative estimate of drug-likeness (QED) is 0.626. The molecule has 0 aliphatic carbocycles. The molecule has 0 bridgehead atoms. The zero-order valence-electron chi connectivity index (χ0n) is 15.7. The molecule has 1 saturated heterocycles. The van der Waals surface area contributed by atoms with Crippen LogP contribution >= 0.6 is 0 Å². The summed E-state index contributed by atoms with van der Waals surface area (Å²) in [4.78, 5) is 22.8. The third-order valence-electron chi connectivity index (χ3n) is 4.69. The Kier molecular flexibility index (Phi) is 5.32. The standard InChI is InChI=1S/C21H22N4O3/c1-2-10-27-18-7-5-15(6-8-18)13-25-14-17(11-19(25)26)21-23-20(24-28-21)16-4-3-9-22-12-16/h3-9,12,17H,2,10-11,13-14H2,1H3. The molecule has 3 aromatic rings. The van der Waals surface area contributed by atoms with Gasteiger partial charge in [0, 0.05) is 37.5 Å². The Bertz CT molecular complexity index is 924. The van der Waals surface area contributed by atoms with E-state index in [4.69, 9.17) is 9.26 Å². The number of hydrogen-bond acceptors (Lipinski definition) is 6. The lowest BCUT2D eigenvalue weighted by atomic mass is 10.1. The number of rotatable bonds is 7. The number of benzene rings is 1. The normalized spacial score (nSPS) is 16.5. The first-order valence-electron chi connectivity index (χ1n) is 9.46. The third kappa shape index (κ3) is 4.03. The van der Waals surface area contributed by atoms with Gasteiger partial charge in [-0.25, -0.2) is 0 Å². The topological polar surface area (TPSA) is 81.3 Å². The molecule has 0 spiro atoms. The van der Waals surface area contributed by atoms with Crippen LogP contribution in [0.5, 0.6) is 5.75 Å². The van der Waals surface area contributed by atoms with Crippen molar-refractivity contribution in [1.82, 2.24) is 20.0 Å². The summed E-state index contributed by atoms with van der Waals surface area (Å²) in [6, 6.07) is 11.6. The lowest BCUT2D eigenvalue weighted by Gasteiger charge is -2.16. The summed E-state index contributed by atoms with van der Waals surface area (Å²) >= 11 is 0. The molecule has 0 radical (unpaired) electrons. The van der Waals surface area contributed by atoms with Crippen molar-refractivity contribution in [2.24, 2.45) is 0 Å². The summed E-state index contributed by atoms with van der Waals surface area (Å²) in [6.45, 7) is 3.91. The van der Waals surface area contributed by atoms with E-state index < -0.39 is 0 Å². The van der Waals surface area contributed by atoms with E-state index in [9.17, 15) is 4.79 Å². The van der Waals surface area contributed by atoms with Crippen LogP contribution in [-0.4, -0.2) is 39.1 Å². The molecule has 1 unspecified atom stereocenters. The molecular formula is C21H22N4O3. The largest absolute Gasteiger partial charge is 0.494 e. The van der Waals surface area contributed by atoms with Crippen molar-refractivity contribution in [3.05, 3.63) is 60.2 Å². The average Bonchev–Trinajstić information content (AvgIpc) is 3.36. The molecule has 2 aromatic heterocycles. The number of amides is 1. The van der Waals surface area contributed by atoms with Crippen LogP contribution in [0.25, 0.3) is 11.4 Å². The van der Waals surface area contributed by atoms with Gasteiger partial charge in [-0.05, 0) is 36.2 Å². The zero-order chi connectivity index (χ0) is 19.3. The number of aromatic nitrogens is 3. The first-order chi connectivity index (χ1) is 13.7. The first-order valence-corrected chi connectivity index (χ1v) is 9.46. The maximum atomic E-state index is 12.4. The number of nitrogens with zero attached hydrogens (tertiary/aromatic N) is 4. The molecule has 4 rings (SSSR count). The van der Waals surface area contributed by atoms with Crippen LogP contribution in [0.15, 0.2) is 53.3 Å². The van der Waals surface area contributed by atoms with E-state index in [-0.39, 0.29) is 11.8 Å². The van der Waals surface area contributed by atoms with Crippen LogP contribution in [0.2, 0.25) is 0 Å². The van der Waals surface area contributed by atoms with Gasteiger partial charge in [-0.1, -0.05) is 24.2 Å². The van der Waals surface area contributed by atoms with Crippen LogP contribution in [0.3, 0.4) is 0 Å². The van der Waals surface area contributed by atoms with E-state index in [2.05, 4.69) is 22.0 Å². The highest BCUT2D eigenvalue weighted by atomic mass is 16.5. The zero-order valence-corrected chi connectivity index (χ0v) is 15.7. The summed E-state index contributed by atoms with van der Waals surface area (Å²) < 4.78 is 11.0. The molecule has 7 nitrogen and oxygen atoms in total. The van der Waals surface area contributed by atoms with E-state index in [1.54, 1.807) is 12.4 Å².